The number of carbonyl (C=O) groups excluding carboxylic acids is 1. The Morgan fingerprint density at radius 2 is 2.43 bits per heavy atom. The highest BCUT2D eigenvalue weighted by Crippen LogP contribution is 2.43. The van der Waals surface area contributed by atoms with E-state index in [-0.39, 0.29) is 29.6 Å². The van der Waals surface area contributed by atoms with Crippen LogP contribution < -0.4 is 10.3 Å². The van der Waals surface area contributed by atoms with Crippen molar-refractivity contribution in [3.8, 4) is 6.01 Å². The van der Waals surface area contributed by atoms with Crippen molar-refractivity contribution < 1.29 is 24.1 Å². The first-order chi connectivity index (χ1) is 10.1. The number of nitrogens with zero attached hydrogens (tertiary/aromatic N) is 2. The molecule has 114 valence electrons. The van der Waals surface area contributed by atoms with Crippen LogP contribution in [0.5, 0.6) is 6.01 Å². The molecule has 0 aromatic carbocycles. The second-order valence-corrected chi connectivity index (χ2v) is 5.80. The Bertz CT molecular complexity index is 606. The molecule has 1 aromatic rings. The summed E-state index contributed by atoms with van der Waals surface area (Å²) in [6.45, 7) is -0.182. The molecular formula is C12H14N2O6S. The van der Waals surface area contributed by atoms with Crippen LogP contribution in [0.4, 0.5) is 0 Å². The standard InChI is InChI=1S/C12H14N2O6S/c1-18-8(17)5-21-10-6(4-15)19-11-9(10)20-12-13-7(16)2-3-14(11)12/h2-3,6,9-11,15H,4-5H2,1H3/t6-,9+,10+,11-/m1/s1. The third kappa shape index (κ3) is 2.52. The summed E-state index contributed by atoms with van der Waals surface area (Å²) in [6.07, 6.45) is 0.227. The summed E-state index contributed by atoms with van der Waals surface area (Å²) in [4.78, 5) is 26.3. The molecule has 1 aromatic heterocycles. The SMILES string of the molecule is COC(=O)CS[C@@H]1[C@@H]2Oc3nc(=O)ccn3[C@@H]2O[C@@H]1CO. The van der Waals surface area contributed by atoms with Gasteiger partial charge in [-0.25, -0.2) is 0 Å². The third-order valence-electron chi connectivity index (χ3n) is 3.41. The average molecular weight is 314 g/mol. The van der Waals surface area contributed by atoms with Crippen LogP contribution in [0.3, 0.4) is 0 Å². The predicted molar refractivity (Wildman–Crippen MR) is 72.2 cm³/mol. The Hall–Kier alpha value is -1.58. The lowest BCUT2D eigenvalue weighted by Gasteiger charge is -2.18. The van der Waals surface area contributed by atoms with Gasteiger partial charge in [0.15, 0.2) is 12.3 Å². The molecule has 3 rings (SSSR count). The lowest BCUT2D eigenvalue weighted by molar-refractivity contribution is -0.137. The van der Waals surface area contributed by atoms with Gasteiger partial charge in [-0.3, -0.25) is 14.2 Å². The molecule has 0 spiro atoms. The second kappa shape index (κ2) is 5.66. The highest BCUT2D eigenvalue weighted by Gasteiger charge is 2.51. The molecule has 9 heteroatoms. The molecule has 2 aliphatic heterocycles. The predicted octanol–water partition coefficient (Wildman–Crippen LogP) is -0.831. The van der Waals surface area contributed by atoms with Crippen molar-refractivity contribution >= 4 is 17.7 Å². The lowest BCUT2D eigenvalue weighted by Crippen LogP contribution is -2.33. The van der Waals surface area contributed by atoms with Gasteiger partial charge in [-0.15, -0.1) is 11.8 Å². The van der Waals surface area contributed by atoms with E-state index in [0.29, 0.717) is 0 Å². The summed E-state index contributed by atoms with van der Waals surface area (Å²) in [7, 11) is 1.32. The van der Waals surface area contributed by atoms with Crippen molar-refractivity contribution in [2.24, 2.45) is 0 Å². The smallest absolute Gasteiger partial charge is 0.315 e. The van der Waals surface area contributed by atoms with E-state index >= 15 is 0 Å². The Balaban J connectivity index is 1.80. The molecule has 0 amide bonds. The number of aromatic nitrogens is 2. The molecule has 0 unspecified atom stereocenters. The van der Waals surface area contributed by atoms with Crippen molar-refractivity contribution in [2.75, 3.05) is 19.5 Å². The number of hydrogen-bond donors (Lipinski definition) is 1. The molecule has 1 saturated heterocycles. The molecule has 4 atom stereocenters. The van der Waals surface area contributed by atoms with Crippen molar-refractivity contribution in [2.45, 2.75) is 23.7 Å². The number of esters is 1. The molecule has 3 heterocycles. The first-order valence-corrected chi connectivity index (χ1v) is 7.39. The third-order valence-corrected chi connectivity index (χ3v) is 4.77. The van der Waals surface area contributed by atoms with Gasteiger partial charge in [-0.1, -0.05) is 0 Å². The van der Waals surface area contributed by atoms with Crippen molar-refractivity contribution in [1.29, 1.82) is 0 Å². The topological polar surface area (TPSA) is 99.9 Å². The van der Waals surface area contributed by atoms with E-state index in [1.807, 2.05) is 0 Å². The zero-order valence-electron chi connectivity index (χ0n) is 11.2. The number of carbonyl (C=O) groups is 1. The molecule has 2 aliphatic rings. The van der Waals surface area contributed by atoms with Gasteiger partial charge in [0, 0.05) is 12.3 Å². The Labute approximate surface area is 124 Å². The number of ether oxygens (including phenoxy) is 3. The van der Waals surface area contributed by atoms with Gasteiger partial charge in [0.25, 0.3) is 5.56 Å². The Kier molecular flexibility index (Phi) is 3.87. The van der Waals surface area contributed by atoms with E-state index < -0.39 is 24.0 Å². The fourth-order valence-electron chi connectivity index (χ4n) is 2.43. The number of hydrogen-bond acceptors (Lipinski definition) is 8. The minimum atomic E-state index is -0.458. The first-order valence-electron chi connectivity index (χ1n) is 6.34. The van der Waals surface area contributed by atoms with Gasteiger partial charge in [-0.2, -0.15) is 4.98 Å². The van der Waals surface area contributed by atoms with Gasteiger partial charge in [0.05, 0.1) is 30.8 Å². The van der Waals surface area contributed by atoms with Gasteiger partial charge in [0.1, 0.15) is 0 Å². The monoisotopic (exact) mass is 314 g/mol. The summed E-state index contributed by atoms with van der Waals surface area (Å²) in [5.74, 6) is -0.224. The van der Waals surface area contributed by atoms with Gasteiger partial charge in [-0.05, 0) is 0 Å². The molecule has 0 bridgehead atoms. The molecule has 0 radical (unpaired) electrons. The number of methoxy groups -OCH3 is 1. The summed E-state index contributed by atoms with van der Waals surface area (Å²) < 4.78 is 17.6. The molecule has 1 fully saturated rings. The maximum absolute atomic E-state index is 11.3. The zero-order valence-corrected chi connectivity index (χ0v) is 12.0. The lowest BCUT2D eigenvalue weighted by atomic mass is 10.2. The summed E-state index contributed by atoms with van der Waals surface area (Å²) in [5.41, 5.74) is -0.390. The van der Waals surface area contributed by atoms with Crippen molar-refractivity contribution in [3.05, 3.63) is 22.6 Å². The number of thioether (sulfide) groups is 1. The summed E-state index contributed by atoms with van der Waals surface area (Å²) >= 11 is 1.30. The van der Waals surface area contributed by atoms with E-state index in [0.717, 1.165) is 0 Å². The Morgan fingerprint density at radius 3 is 3.14 bits per heavy atom. The molecule has 21 heavy (non-hydrogen) atoms. The normalized spacial score (nSPS) is 29.6. The maximum atomic E-state index is 11.3. The number of aliphatic hydroxyl groups is 1. The van der Waals surface area contributed by atoms with Crippen LogP contribution in [0.1, 0.15) is 6.23 Å². The highest BCUT2D eigenvalue weighted by molar-refractivity contribution is 8.00. The molecule has 0 saturated carbocycles. The van der Waals surface area contributed by atoms with Crippen LogP contribution >= 0.6 is 11.8 Å². The highest BCUT2D eigenvalue weighted by atomic mass is 32.2. The van der Waals surface area contributed by atoms with Crippen LogP contribution in [0.25, 0.3) is 0 Å². The molecular weight excluding hydrogens is 300 g/mol. The van der Waals surface area contributed by atoms with Gasteiger partial charge >= 0.3 is 12.0 Å². The fraction of sp³-hybridized carbons (Fsp3) is 0.583. The number of fused-ring (bicyclic) bond motifs is 3. The van der Waals surface area contributed by atoms with Crippen LogP contribution in [0.15, 0.2) is 17.1 Å². The van der Waals surface area contributed by atoms with E-state index in [1.165, 1.54) is 24.9 Å². The average Bonchev–Trinajstić information content (AvgIpc) is 2.99. The molecule has 8 nitrogen and oxygen atoms in total. The molecule has 1 N–H and O–H groups in total. The van der Waals surface area contributed by atoms with E-state index in [1.54, 1.807) is 10.8 Å². The minimum Gasteiger partial charge on any atom is -0.468 e. The fourth-order valence-corrected chi connectivity index (χ4v) is 3.62. The van der Waals surface area contributed by atoms with Gasteiger partial charge < -0.3 is 19.3 Å². The quantitative estimate of drug-likeness (QED) is 0.719. The van der Waals surface area contributed by atoms with Crippen molar-refractivity contribution in [1.82, 2.24) is 9.55 Å². The van der Waals surface area contributed by atoms with Crippen molar-refractivity contribution in [3.63, 3.8) is 0 Å². The van der Waals surface area contributed by atoms with Gasteiger partial charge in [0.2, 0.25) is 0 Å². The van der Waals surface area contributed by atoms with E-state index in [2.05, 4.69) is 9.72 Å². The summed E-state index contributed by atoms with van der Waals surface area (Å²) in [5, 5.41) is 9.17. The van der Waals surface area contributed by atoms with Crippen LogP contribution in [-0.2, 0) is 14.3 Å². The second-order valence-electron chi connectivity index (χ2n) is 4.64. The first kappa shape index (κ1) is 14.4. The number of aliphatic hydroxyl groups excluding tert-OH is 1. The van der Waals surface area contributed by atoms with Crippen LogP contribution in [0, 0.1) is 0 Å². The molecule has 0 aliphatic carbocycles. The maximum Gasteiger partial charge on any atom is 0.315 e. The van der Waals surface area contributed by atoms with Crippen LogP contribution in [0.2, 0.25) is 0 Å². The summed E-state index contributed by atoms with van der Waals surface area (Å²) in [6, 6.07) is 1.51. The zero-order chi connectivity index (χ0) is 15.0. The minimum absolute atomic E-state index is 0.134. The number of rotatable bonds is 4. The van der Waals surface area contributed by atoms with Crippen LogP contribution in [-0.4, -0.2) is 57.6 Å². The van der Waals surface area contributed by atoms with E-state index in [4.69, 9.17) is 9.47 Å². The van der Waals surface area contributed by atoms with E-state index in [9.17, 15) is 14.7 Å². The Morgan fingerprint density at radius 1 is 1.62 bits per heavy atom. The largest absolute Gasteiger partial charge is 0.468 e.